The zero-order chi connectivity index (χ0) is 15.4. The van der Waals surface area contributed by atoms with Gasteiger partial charge in [0, 0.05) is 24.9 Å². The number of hydrogen-bond donors (Lipinski definition) is 0. The van der Waals surface area contributed by atoms with Crippen molar-refractivity contribution in [2.24, 2.45) is 0 Å². The molecule has 0 radical (unpaired) electrons. The minimum Gasteiger partial charge on any atom is -0.345 e. The van der Waals surface area contributed by atoms with Crippen molar-refractivity contribution in [2.75, 3.05) is 13.6 Å². The topological polar surface area (TPSA) is 50.3 Å². The Hall–Kier alpha value is -1.53. The van der Waals surface area contributed by atoms with Gasteiger partial charge in [0.2, 0.25) is 5.91 Å². The Morgan fingerprint density at radius 3 is 2.67 bits per heavy atom. The Morgan fingerprint density at radius 2 is 2.10 bits per heavy atom. The highest BCUT2D eigenvalue weighted by Crippen LogP contribution is 2.17. The number of amides is 1. The van der Waals surface area contributed by atoms with Crippen LogP contribution in [-0.2, 0) is 17.6 Å². The van der Waals surface area contributed by atoms with Crippen LogP contribution in [0.2, 0.25) is 0 Å². The first-order chi connectivity index (χ1) is 9.97. The van der Waals surface area contributed by atoms with Crippen molar-refractivity contribution >= 4 is 34.4 Å². The van der Waals surface area contributed by atoms with E-state index >= 15 is 0 Å². The average molecular weight is 322 g/mol. The summed E-state index contributed by atoms with van der Waals surface area (Å²) < 4.78 is 0. The van der Waals surface area contributed by atoms with Crippen LogP contribution < -0.4 is 0 Å². The van der Waals surface area contributed by atoms with Gasteiger partial charge in [-0.25, -0.2) is 4.98 Å². The highest BCUT2D eigenvalue weighted by molar-refractivity contribution is 7.12. The van der Waals surface area contributed by atoms with E-state index in [2.05, 4.69) is 4.98 Å². The molecule has 0 aliphatic carbocycles. The lowest BCUT2D eigenvalue weighted by Crippen LogP contribution is -2.30. The van der Waals surface area contributed by atoms with Crippen LogP contribution in [0.5, 0.6) is 0 Å². The van der Waals surface area contributed by atoms with Gasteiger partial charge in [0.05, 0.1) is 22.5 Å². The fourth-order valence-corrected chi connectivity index (χ4v) is 3.51. The lowest BCUT2D eigenvalue weighted by Gasteiger charge is -2.16. The van der Waals surface area contributed by atoms with Gasteiger partial charge in [-0.05, 0) is 30.9 Å². The zero-order valence-electron chi connectivity index (χ0n) is 12.4. The number of carbonyl (C=O) groups is 2. The van der Waals surface area contributed by atoms with Crippen LogP contribution in [0.15, 0.2) is 17.0 Å². The highest BCUT2D eigenvalue weighted by Gasteiger charge is 2.13. The number of Topliss-reactive ketones (excluding diaryl/α,β-unsaturated/α-hetero) is 1. The minimum absolute atomic E-state index is 0.0488. The molecule has 2 aromatic heterocycles. The normalized spacial score (nSPS) is 10.6. The van der Waals surface area contributed by atoms with Gasteiger partial charge in [-0.15, -0.1) is 22.7 Å². The largest absolute Gasteiger partial charge is 0.345 e. The second-order valence-corrected chi connectivity index (χ2v) is 6.83. The summed E-state index contributed by atoms with van der Waals surface area (Å²) in [6.07, 6.45) is 1.18. The molecule has 0 atom stereocenters. The number of aryl methyl sites for hydroxylation is 1. The molecule has 6 heteroatoms. The lowest BCUT2D eigenvalue weighted by atomic mass is 10.2. The summed E-state index contributed by atoms with van der Waals surface area (Å²) in [4.78, 5) is 31.3. The van der Waals surface area contributed by atoms with E-state index in [0.717, 1.165) is 17.7 Å². The SMILES string of the molecule is CC(=O)c1cc(CC(=O)N(C)CCc2scnc2C)cs1. The first-order valence-electron chi connectivity index (χ1n) is 6.68. The quantitative estimate of drug-likeness (QED) is 0.768. The molecule has 0 bridgehead atoms. The summed E-state index contributed by atoms with van der Waals surface area (Å²) in [6, 6.07) is 1.81. The molecule has 0 saturated carbocycles. The number of nitrogens with zero attached hydrogens (tertiary/aromatic N) is 2. The molecule has 0 aliphatic heterocycles. The van der Waals surface area contributed by atoms with Crippen molar-refractivity contribution in [1.82, 2.24) is 9.88 Å². The number of aromatic nitrogens is 1. The number of thiophene rings is 1. The third-order valence-electron chi connectivity index (χ3n) is 3.30. The smallest absolute Gasteiger partial charge is 0.226 e. The first kappa shape index (κ1) is 15.9. The molecule has 0 spiro atoms. The molecule has 2 aromatic rings. The van der Waals surface area contributed by atoms with Crippen molar-refractivity contribution in [3.05, 3.63) is 38.0 Å². The molecule has 0 aliphatic rings. The molecule has 21 heavy (non-hydrogen) atoms. The summed E-state index contributed by atoms with van der Waals surface area (Å²) in [7, 11) is 1.82. The summed E-state index contributed by atoms with van der Waals surface area (Å²) >= 11 is 3.03. The molecule has 0 aromatic carbocycles. The standard InChI is InChI=1S/C15H18N2O2S2/c1-10-13(21-9-16-10)4-5-17(3)15(19)7-12-6-14(11(2)18)20-8-12/h6,8-9H,4-5,7H2,1-3H3. The molecular formula is C15H18N2O2S2. The fraction of sp³-hybridized carbons (Fsp3) is 0.400. The predicted octanol–water partition coefficient (Wildman–Crippen LogP) is 2.96. The summed E-state index contributed by atoms with van der Waals surface area (Å²) in [5.74, 6) is 0.123. The van der Waals surface area contributed by atoms with Gasteiger partial charge in [-0.1, -0.05) is 0 Å². The van der Waals surface area contributed by atoms with Gasteiger partial charge in [-0.2, -0.15) is 0 Å². The zero-order valence-corrected chi connectivity index (χ0v) is 14.0. The number of hydrogen-bond acceptors (Lipinski definition) is 5. The lowest BCUT2D eigenvalue weighted by molar-refractivity contribution is -0.129. The average Bonchev–Trinajstić information content (AvgIpc) is 3.05. The maximum atomic E-state index is 12.2. The number of likely N-dealkylation sites (N-methyl/N-ethyl adjacent to an activating group) is 1. The first-order valence-corrected chi connectivity index (χ1v) is 8.44. The van der Waals surface area contributed by atoms with Crippen LogP contribution in [0.25, 0.3) is 0 Å². The second-order valence-electron chi connectivity index (χ2n) is 4.98. The molecule has 0 fully saturated rings. The number of carbonyl (C=O) groups excluding carboxylic acids is 2. The van der Waals surface area contributed by atoms with E-state index in [1.54, 1.807) is 23.2 Å². The van der Waals surface area contributed by atoms with E-state index in [1.165, 1.54) is 16.2 Å². The Labute approximate surface area is 132 Å². The van der Waals surface area contributed by atoms with E-state index in [4.69, 9.17) is 0 Å². The summed E-state index contributed by atoms with van der Waals surface area (Å²) in [5, 5.41) is 1.88. The van der Waals surface area contributed by atoms with Crippen LogP contribution in [0.3, 0.4) is 0 Å². The summed E-state index contributed by atoms with van der Waals surface area (Å²) in [5.41, 5.74) is 3.79. The fourth-order valence-electron chi connectivity index (χ4n) is 1.92. The monoisotopic (exact) mass is 322 g/mol. The molecular weight excluding hydrogens is 304 g/mol. The number of rotatable bonds is 6. The summed E-state index contributed by atoms with van der Waals surface area (Å²) in [6.45, 7) is 4.22. The predicted molar refractivity (Wildman–Crippen MR) is 86.2 cm³/mol. The van der Waals surface area contributed by atoms with E-state index in [0.29, 0.717) is 17.8 Å². The highest BCUT2D eigenvalue weighted by atomic mass is 32.1. The molecule has 1 amide bonds. The van der Waals surface area contributed by atoms with Gasteiger partial charge in [0.25, 0.3) is 0 Å². The molecule has 0 saturated heterocycles. The molecule has 0 unspecified atom stereocenters. The van der Waals surface area contributed by atoms with Gasteiger partial charge in [0.1, 0.15) is 0 Å². The Bertz CT molecular complexity index is 646. The Kier molecular flexibility index (Phi) is 5.25. The molecule has 2 heterocycles. The molecule has 112 valence electrons. The van der Waals surface area contributed by atoms with Crippen LogP contribution in [-0.4, -0.2) is 35.2 Å². The van der Waals surface area contributed by atoms with Gasteiger partial charge in [0.15, 0.2) is 5.78 Å². The second kappa shape index (κ2) is 6.95. The third kappa shape index (κ3) is 4.22. The minimum atomic E-state index is 0.0488. The van der Waals surface area contributed by atoms with Crippen molar-refractivity contribution < 1.29 is 9.59 Å². The van der Waals surface area contributed by atoms with Crippen molar-refractivity contribution in [1.29, 1.82) is 0 Å². The molecule has 2 rings (SSSR count). The van der Waals surface area contributed by atoms with Crippen LogP contribution in [0, 0.1) is 6.92 Å². The van der Waals surface area contributed by atoms with Crippen LogP contribution >= 0.6 is 22.7 Å². The third-order valence-corrected chi connectivity index (χ3v) is 5.38. The van der Waals surface area contributed by atoms with Gasteiger partial charge in [-0.3, -0.25) is 9.59 Å². The maximum absolute atomic E-state index is 12.2. The van der Waals surface area contributed by atoms with E-state index in [-0.39, 0.29) is 11.7 Å². The van der Waals surface area contributed by atoms with Crippen LogP contribution in [0.4, 0.5) is 0 Å². The number of thiazole rings is 1. The Morgan fingerprint density at radius 1 is 1.33 bits per heavy atom. The van der Waals surface area contributed by atoms with Gasteiger partial charge < -0.3 is 4.90 Å². The molecule has 0 N–H and O–H groups in total. The number of ketones is 1. The van der Waals surface area contributed by atoms with Gasteiger partial charge >= 0.3 is 0 Å². The van der Waals surface area contributed by atoms with E-state index in [9.17, 15) is 9.59 Å². The van der Waals surface area contributed by atoms with Crippen molar-refractivity contribution in [3.8, 4) is 0 Å². The van der Waals surface area contributed by atoms with Crippen LogP contribution in [0.1, 0.15) is 32.7 Å². The van der Waals surface area contributed by atoms with E-state index in [1.807, 2.05) is 30.9 Å². The molecule has 4 nitrogen and oxygen atoms in total. The van der Waals surface area contributed by atoms with Crippen molar-refractivity contribution in [2.45, 2.75) is 26.7 Å². The Balaban J connectivity index is 1.87. The van der Waals surface area contributed by atoms with E-state index < -0.39 is 0 Å². The maximum Gasteiger partial charge on any atom is 0.226 e. The van der Waals surface area contributed by atoms with Crippen molar-refractivity contribution in [3.63, 3.8) is 0 Å².